The second kappa shape index (κ2) is 5.35. The number of rotatable bonds is 3. The van der Waals surface area contributed by atoms with Crippen LogP contribution >= 0.6 is 0 Å². The summed E-state index contributed by atoms with van der Waals surface area (Å²) in [6, 6.07) is 5.94. The van der Waals surface area contributed by atoms with Crippen molar-refractivity contribution in [3.05, 3.63) is 29.3 Å². The van der Waals surface area contributed by atoms with Gasteiger partial charge in [0.1, 0.15) is 5.75 Å². The highest BCUT2D eigenvalue weighted by Gasteiger charge is 2.17. The van der Waals surface area contributed by atoms with E-state index in [9.17, 15) is 5.11 Å². The molecule has 1 aromatic rings. The lowest BCUT2D eigenvalue weighted by Crippen LogP contribution is -2.20. The third-order valence-electron chi connectivity index (χ3n) is 3.30. The lowest BCUT2D eigenvalue weighted by molar-refractivity contribution is 0.149. The Morgan fingerprint density at radius 3 is 2.69 bits per heavy atom. The van der Waals surface area contributed by atoms with Crippen LogP contribution in [0.5, 0.6) is 5.75 Å². The predicted molar refractivity (Wildman–Crippen MR) is 64.6 cm³/mol. The Balaban J connectivity index is 2.12. The van der Waals surface area contributed by atoms with Gasteiger partial charge >= 0.3 is 0 Å². The maximum absolute atomic E-state index is 9.29. The molecule has 1 fully saturated rings. The summed E-state index contributed by atoms with van der Waals surface area (Å²) in [5, 5.41) is 9.29. The summed E-state index contributed by atoms with van der Waals surface area (Å²) < 4.78 is 6.05. The van der Waals surface area contributed by atoms with Crippen LogP contribution in [0.2, 0.25) is 0 Å². The number of aliphatic hydroxyl groups is 1. The monoisotopic (exact) mass is 220 g/mol. The summed E-state index contributed by atoms with van der Waals surface area (Å²) in [5.74, 6) is 0.900. The van der Waals surface area contributed by atoms with Crippen molar-refractivity contribution in [2.75, 3.05) is 0 Å². The molecule has 1 aliphatic carbocycles. The average Bonchev–Trinajstić information content (AvgIpc) is 2.33. The van der Waals surface area contributed by atoms with E-state index < -0.39 is 0 Å². The van der Waals surface area contributed by atoms with Crippen molar-refractivity contribution in [2.24, 2.45) is 0 Å². The van der Waals surface area contributed by atoms with Crippen molar-refractivity contribution in [3.63, 3.8) is 0 Å². The summed E-state index contributed by atoms with van der Waals surface area (Å²) in [7, 11) is 0. The van der Waals surface area contributed by atoms with E-state index in [4.69, 9.17) is 4.74 Å². The van der Waals surface area contributed by atoms with Gasteiger partial charge in [-0.3, -0.25) is 0 Å². The Hall–Kier alpha value is -1.02. The molecule has 1 aliphatic rings. The molecule has 0 amide bonds. The van der Waals surface area contributed by atoms with Gasteiger partial charge in [-0.2, -0.15) is 0 Å². The Morgan fingerprint density at radius 1 is 1.25 bits per heavy atom. The topological polar surface area (TPSA) is 29.5 Å². The smallest absolute Gasteiger partial charge is 0.128 e. The summed E-state index contributed by atoms with van der Waals surface area (Å²) in [6.45, 7) is 2.10. The van der Waals surface area contributed by atoms with E-state index in [1.54, 1.807) is 0 Å². The van der Waals surface area contributed by atoms with E-state index in [1.165, 1.54) is 19.3 Å². The molecule has 88 valence electrons. The SMILES string of the molecule is Cc1cccc(CO)c1OC1CCCCC1. The standard InChI is InChI=1S/C14H20O2/c1-11-6-5-7-12(10-15)14(11)16-13-8-3-2-4-9-13/h5-7,13,15H,2-4,8-10H2,1H3. The van der Waals surface area contributed by atoms with E-state index in [0.29, 0.717) is 6.10 Å². The van der Waals surface area contributed by atoms with Gasteiger partial charge in [0.05, 0.1) is 12.7 Å². The molecule has 0 saturated heterocycles. The Morgan fingerprint density at radius 2 is 2.00 bits per heavy atom. The molecule has 0 heterocycles. The molecule has 0 aliphatic heterocycles. The predicted octanol–water partition coefficient (Wildman–Crippen LogP) is 3.20. The maximum atomic E-state index is 9.29. The molecule has 0 aromatic heterocycles. The third kappa shape index (κ3) is 2.56. The van der Waals surface area contributed by atoms with Crippen LogP contribution in [0.4, 0.5) is 0 Å². The van der Waals surface area contributed by atoms with Crippen molar-refractivity contribution in [2.45, 2.75) is 51.7 Å². The molecule has 2 rings (SSSR count). The third-order valence-corrected chi connectivity index (χ3v) is 3.30. The first-order valence-electron chi connectivity index (χ1n) is 6.17. The summed E-state index contributed by atoms with van der Waals surface area (Å²) in [4.78, 5) is 0. The number of ether oxygens (including phenoxy) is 1. The number of benzene rings is 1. The molecule has 1 N–H and O–H groups in total. The highest BCUT2D eigenvalue weighted by atomic mass is 16.5. The van der Waals surface area contributed by atoms with Crippen LogP contribution < -0.4 is 4.74 Å². The fourth-order valence-corrected chi connectivity index (χ4v) is 2.36. The van der Waals surface area contributed by atoms with Gasteiger partial charge < -0.3 is 9.84 Å². The first-order valence-corrected chi connectivity index (χ1v) is 6.17. The largest absolute Gasteiger partial charge is 0.490 e. The molecular weight excluding hydrogens is 200 g/mol. The van der Waals surface area contributed by atoms with E-state index in [2.05, 4.69) is 0 Å². The minimum absolute atomic E-state index is 0.0593. The Kier molecular flexibility index (Phi) is 3.83. The van der Waals surface area contributed by atoms with Crippen LogP contribution in [-0.2, 0) is 6.61 Å². The van der Waals surface area contributed by atoms with Gasteiger partial charge in [0, 0.05) is 5.56 Å². The van der Waals surface area contributed by atoms with Gasteiger partial charge in [0.25, 0.3) is 0 Å². The zero-order valence-electron chi connectivity index (χ0n) is 9.91. The van der Waals surface area contributed by atoms with E-state index >= 15 is 0 Å². The lowest BCUT2D eigenvalue weighted by atomic mass is 9.97. The van der Waals surface area contributed by atoms with Crippen LogP contribution in [0, 0.1) is 6.92 Å². The van der Waals surface area contributed by atoms with Gasteiger partial charge in [-0.25, -0.2) is 0 Å². The molecule has 0 spiro atoms. The number of aryl methyl sites for hydroxylation is 1. The molecule has 0 radical (unpaired) electrons. The molecular formula is C14H20O2. The fourth-order valence-electron chi connectivity index (χ4n) is 2.36. The number of hydrogen-bond donors (Lipinski definition) is 1. The number of aliphatic hydroxyl groups excluding tert-OH is 1. The molecule has 0 atom stereocenters. The second-order valence-corrected chi connectivity index (χ2v) is 4.60. The maximum Gasteiger partial charge on any atom is 0.128 e. The number of hydrogen-bond acceptors (Lipinski definition) is 2. The molecule has 1 aromatic carbocycles. The number of para-hydroxylation sites is 1. The molecule has 0 bridgehead atoms. The van der Waals surface area contributed by atoms with Crippen molar-refractivity contribution >= 4 is 0 Å². The molecule has 2 heteroatoms. The van der Waals surface area contributed by atoms with Gasteiger partial charge in [0.2, 0.25) is 0 Å². The van der Waals surface area contributed by atoms with E-state index in [0.717, 1.165) is 29.7 Å². The van der Waals surface area contributed by atoms with Gasteiger partial charge in [-0.05, 0) is 38.2 Å². The highest BCUT2D eigenvalue weighted by Crippen LogP contribution is 2.28. The summed E-state index contributed by atoms with van der Waals surface area (Å²) >= 11 is 0. The first-order chi connectivity index (χ1) is 7.81. The van der Waals surface area contributed by atoms with Crippen molar-refractivity contribution in [3.8, 4) is 5.75 Å². The van der Waals surface area contributed by atoms with Crippen LogP contribution in [0.3, 0.4) is 0 Å². The molecule has 0 unspecified atom stereocenters. The average molecular weight is 220 g/mol. The quantitative estimate of drug-likeness (QED) is 0.847. The van der Waals surface area contributed by atoms with Gasteiger partial charge in [0.15, 0.2) is 0 Å². The summed E-state index contributed by atoms with van der Waals surface area (Å²) in [5.41, 5.74) is 2.03. The fraction of sp³-hybridized carbons (Fsp3) is 0.571. The van der Waals surface area contributed by atoms with Gasteiger partial charge in [-0.1, -0.05) is 24.6 Å². The Bertz CT molecular complexity index is 341. The van der Waals surface area contributed by atoms with E-state index in [-0.39, 0.29) is 6.61 Å². The Labute approximate surface area is 97.3 Å². The molecule has 16 heavy (non-hydrogen) atoms. The minimum atomic E-state index is 0.0593. The molecule has 2 nitrogen and oxygen atoms in total. The summed E-state index contributed by atoms with van der Waals surface area (Å²) in [6.07, 6.45) is 6.52. The zero-order valence-corrected chi connectivity index (χ0v) is 9.91. The minimum Gasteiger partial charge on any atom is -0.490 e. The second-order valence-electron chi connectivity index (χ2n) is 4.60. The highest BCUT2D eigenvalue weighted by molar-refractivity contribution is 5.40. The molecule has 1 saturated carbocycles. The lowest BCUT2D eigenvalue weighted by Gasteiger charge is -2.25. The van der Waals surface area contributed by atoms with Crippen LogP contribution in [-0.4, -0.2) is 11.2 Å². The van der Waals surface area contributed by atoms with Crippen molar-refractivity contribution in [1.29, 1.82) is 0 Å². The van der Waals surface area contributed by atoms with Crippen molar-refractivity contribution < 1.29 is 9.84 Å². The van der Waals surface area contributed by atoms with Gasteiger partial charge in [-0.15, -0.1) is 0 Å². The van der Waals surface area contributed by atoms with Crippen LogP contribution in [0.15, 0.2) is 18.2 Å². The van der Waals surface area contributed by atoms with E-state index in [1.807, 2.05) is 25.1 Å². The van der Waals surface area contributed by atoms with Crippen molar-refractivity contribution in [1.82, 2.24) is 0 Å². The van der Waals surface area contributed by atoms with Crippen LogP contribution in [0.1, 0.15) is 43.2 Å². The normalized spacial score (nSPS) is 17.4. The zero-order chi connectivity index (χ0) is 11.4. The first kappa shape index (κ1) is 11.5. The van der Waals surface area contributed by atoms with Crippen LogP contribution in [0.25, 0.3) is 0 Å².